The molecule has 0 bridgehead atoms. The number of para-hydroxylation sites is 1. The summed E-state index contributed by atoms with van der Waals surface area (Å²) in [5.74, 6) is 0.136. The Morgan fingerprint density at radius 3 is 2.58 bits per heavy atom. The highest BCUT2D eigenvalue weighted by molar-refractivity contribution is 5.94. The number of amides is 1. The first-order valence-corrected chi connectivity index (χ1v) is 8.57. The van der Waals surface area contributed by atoms with Crippen LogP contribution >= 0.6 is 0 Å². The highest BCUT2D eigenvalue weighted by Gasteiger charge is 2.17. The van der Waals surface area contributed by atoms with Crippen LogP contribution in [0.3, 0.4) is 0 Å². The van der Waals surface area contributed by atoms with Gasteiger partial charge in [-0.05, 0) is 43.3 Å². The predicted molar refractivity (Wildman–Crippen MR) is 99.4 cm³/mol. The minimum Gasteiger partial charge on any atom is -0.480 e. The van der Waals surface area contributed by atoms with Crippen molar-refractivity contribution in [1.82, 2.24) is 0 Å². The molecule has 2 aromatic carbocycles. The van der Waals surface area contributed by atoms with Gasteiger partial charge in [-0.3, -0.25) is 4.79 Å². The van der Waals surface area contributed by atoms with Gasteiger partial charge >= 0.3 is 0 Å². The summed E-state index contributed by atoms with van der Waals surface area (Å²) in [7, 11) is 0. The van der Waals surface area contributed by atoms with Crippen molar-refractivity contribution in [2.45, 2.75) is 13.0 Å². The van der Waals surface area contributed by atoms with Crippen molar-refractivity contribution in [1.29, 1.82) is 5.26 Å². The molecular formula is C20H21N3O3. The van der Waals surface area contributed by atoms with Crippen LogP contribution < -0.4 is 15.0 Å². The fourth-order valence-corrected chi connectivity index (χ4v) is 2.73. The summed E-state index contributed by atoms with van der Waals surface area (Å²) in [6, 6.07) is 16.6. The van der Waals surface area contributed by atoms with Crippen LogP contribution in [0.5, 0.6) is 5.75 Å². The smallest absolute Gasteiger partial charge is 0.265 e. The summed E-state index contributed by atoms with van der Waals surface area (Å²) >= 11 is 0. The number of ether oxygens (including phenoxy) is 2. The van der Waals surface area contributed by atoms with Gasteiger partial charge in [0.15, 0.2) is 6.10 Å². The van der Waals surface area contributed by atoms with Crippen LogP contribution in [0, 0.1) is 11.3 Å². The molecule has 26 heavy (non-hydrogen) atoms. The van der Waals surface area contributed by atoms with Crippen LogP contribution in [0.15, 0.2) is 48.5 Å². The van der Waals surface area contributed by atoms with Gasteiger partial charge in [0.2, 0.25) is 0 Å². The van der Waals surface area contributed by atoms with E-state index in [1.54, 1.807) is 31.2 Å². The Labute approximate surface area is 152 Å². The molecule has 1 N–H and O–H groups in total. The van der Waals surface area contributed by atoms with Crippen LogP contribution in [-0.2, 0) is 9.53 Å². The van der Waals surface area contributed by atoms with E-state index >= 15 is 0 Å². The van der Waals surface area contributed by atoms with Gasteiger partial charge < -0.3 is 19.7 Å². The maximum Gasteiger partial charge on any atom is 0.265 e. The fraction of sp³-hybridized carbons (Fsp3) is 0.300. The lowest BCUT2D eigenvalue weighted by molar-refractivity contribution is -0.122. The number of carbonyl (C=O) groups excluding carboxylic acids is 1. The molecule has 1 aliphatic rings. The topological polar surface area (TPSA) is 74.6 Å². The molecule has 6 heteroatoms. The third kappa shape index (κ3) is 4.32. The van der Waals surface area contributed by atoms with E-state index in [0.717, 1.165) is 32.0 Å². The zero-order valence-corrected chi connectivity index (χ0v) is 14.6. The maximum atomic E-state index is 12.4. The lowest BCUT2D eigenvalue weighted by Gasteiger charge is -2.29. The summed E-state index contributed by atoms with van der Waals surface area (Å²) in [4.78, 5) is 14.6. The molecule has 0 aromatic heterocycles. The molecule has 1 atom stereocenters. The Morgan fingerprint density at radius 2 is 1.88 bits per heavy atom. The van der Waals surface area contributed by atoms with Crippen molar-refractivity contribution in [2.75, 3.05) is 36.5 Å². The summed E-state index contributed by atoms with van der Waals surface area (Å²) < 4.78 is 11.0. The van der Waals surface area contributed by atoms with Crippen LogP contribution in [0.4, 0.5) is 11.4 Å². The molecule has 1 unspecified atom stereocenters. The summed E-state index contributed by atoms with van der Waals surface area (Å²) in [6.07, 6.45) is -0.719. The third-order valence-corrected chi connectivity index (χ3v) is 4.19. The first kappa shape index (κ1) is 17.8. The molecule has 1 saturated heterocycles. The quantitative estimate of drug-likeness (QED) is 0.897. The highest BCUT2D eigenvalue weighted by Crippen LogP contribution is 2.21. The monoisotopic (exact) mass is 351 g/mol. The van der Waals surface area contributed by atoms with Crippen molar-refractivity contribution < 1.29 is 14.3 Å². The van der Waals surface area contributed by atoms with E-state index in [4.69, 9.17) is 14.7 Å². The number of anilines is 2. The van der Waals surface area contributed by atoms with E-state index in [9.17, 15) is 4.79 Å². The molecule has 0 aliphatic carbocycles. The molecule has 0 radical (unpaired) electrons. The predicted octanol–water partition coefficient (Wildman–Crippen LogP) is 2.80. The van der Waals surface area contributed by atoms with Crippen molar-refractivity contribution in [2.24, 2.45) is 0 Å². The molecule has 0 saturated carbocycles. The molecule has 3 rings (SSSR count). The minimum absolute atomic E-state index is 0.267. The van der Waals surface area contributed by atoms with Crippen LogP contribution in [0.25, 0.3) is 0 Å². The second-order valence-electron chi connectivity index (χ2n) is 6.00. The number of nitriles is 1. The van der Waals surface area contributed by atoms with Gasteiger partial charge in [0, 0.05) is 24.5 Å². The Kier molecular flexibility index (Phi) is 5.72. The Hall–Kier alpha value is -3.04. The average Bonchev–Trinajstić information content (AvgIpc) is 2.69. The fourth-order valence-electron chi connectivity index (χ4n) is 2.73. The summed E-state index contributed by atoms with van der Waals surface area (Å²) in [5.41, 5.74) is 2.22. The molecule has 0 spiro atoms. The van der Waals surface area contributed by atoms with Gasteiger partial charge in [-0.15, -0.1) is 0 Å². The molecule has 1 aliphatic heterocycles. The number of morpholine rings is 1. The van der Waals surface area contributed by atoms with Crippen LogP contribution in [-0.4, -0.2) is 38.3 Å². The van der Waals surface area contributed by atoms with E-state index in [0.29, 0.717) is 17.0 Å². The number of rotatable bonds is 5. The van der Waals surface area contributed by atoms with E-state index in [2.05, 4.69) is 16.3 Å². The van der Waals surface area contributed by atoms with Gasteiger partial charge in [0.25, 0.3) is 5.91 Å². The molecule has 1 heterocycles. The molecule has 2 aromatic rings. The first-order valence-electron chi connectivity index (χ1n) is 8.57. The second kappa shape index (κ2) is 8.37. The molecule has 6 nitrogen and oxygen atoms in total. The molecule has 1 fully saturated rings. The van der Waals surface area contributed by atoms with Crippen molar-refractivity contribution in [3.05, 3.63) is 54.1 Å². The van der Waals surface area contributed by atoms with Gasteiger partial charge in [0.1, 0.15) is 11.8 Å². The minimum atomic E-state index is -0.719. The van der Waals surface area contributed by atoms with Crippen molar-refractivity contribution >= 4 is 17.3 Å². The van der Waals surface area contributed by atoms with Gasteiger partial charge in [-0.2, -0.15) is 5.26 Å². The maximum absolute atomic E-state index is 12.4. The van der Waals surface area contributed by atoms with E-state index < -0.39 is 6.10 Å². The first-order chi connectivity index (χ1) is 12.7. The van der Waals surface area contributed by atoms with Crippen molar-refractivity contribution in [3.63, 3.8) is 0 Å². The lowest BCUT2D eigenvalue weighted by Crippen LogP contribution is -2.36. The lowest BCUT2D eigenvalue weighted by atomic mass is 10.2. The normalized spacial score (nSPS) is 15.0. The Balaban J connectivity index is 1.59. The standard InChI is InChI=1S/C20H21N3O3/c1-15(26-19-5-3-2-4-16(19)14-21)20(24)22-17-6-8-18(9-7-17)23-10-12-25-13-11-23/h2-9,15H,10-13H2,1H3,(H,22,24). The number of hydrogen-bond acceptors (Lipinski definition) is 5. The number of carbonyl (C=O) groups is 1. The molecule has 1 amide bonds. The summed E-state index contributed by atoms with van der Waals surface area (Å²) in [6.45, 7) is 4.87. The summed E-state index contributed by atoms with van der Waals surface area (Å²) in [5, 5.41) is 11.9. The van der Waals surface area contributed by atoms with Gasteiger partial charge in [0.05, 0.1) is 18.8 Å². The number of nitrogens with zero attached hydrogens (tertiary/aromatic N) is 2. The largest absolute Gasteiger partial charge is 0.480 e. The third-order valence-electron chi connectivity index (χ3n) is 4.19. The van der Waals surface area contributed by atoms with Crippen LogP contribution in [0.2, 0.25) is 0 Å². The molecule has 134 valence electrons. The van der Waals surface area contributed by atoms with Gasteiger partial charge in [-0.1, -0.05) is 12.1 Å². The number of nitrogens with one attached hydrogen (secondary N) is 1. The zero-order chi connectivity index (χ0) is 18.4. The Morgan fingerprint density at radius 1 is 1.19 bits per heavy atom. The number of benzene rings is 2. The van der Waals surface area contributed by atoms with E-state index in [1.165, 1.54) is 0 Å². The average molecular weight is 351 g/mol. The highest BCUT2D eigenvalue weighted by atomic mass is 16.5. The SMILES string of the molecule is CC(Oc1ccccc1C#N)C(=O)Nc1ccc(N2CCOCC2)cc1. The van der Waals surface area contributed by atoms with Gasteiger partial charge in [-0.25, -0.2) is 0 Å². The van der Waals surface area contributed by atoms with E-state index in [1.807, 2.05) is 24.3 Å². The zero-order valence-electron chi connectivity index (χ0n) is 14.6. The Bertz CT molecular complexity index is 793. The van der Waals surface area contributed by atoms with Crippen molar-refractivity contribution in [3.8, 4) is 11.8 Å². The van der Waals surface area contributed by atoms with Crippen LogP contribution in [0.1, 0.15) is 12.5 Å². The second-order valence-corrected chi connectivity index (χ2v) is 6.00. The number of hydrogen-bond donors (Lipinski definition) is 1. The molecular weight excluding hydrogens is 330 g/mol. The van der Waals surface area contributed by atoms with E-state index in [-0.39, 0.29) is 5.91 Å².